The molecule has 4 bridgehead atoms. The van der Waals surface area contributed by atoms with Gasteiger partial charge in [0.1, 0.15) is 23.4 Å². The first-order valence-electron chi connectivity index (χ1n) is 10.1. The summed E-state index contributed by atoms with van der Waals surface area (Å²) < 4.78 is 13.2. The van der Waals surface area contributed by atoms with Crippen LogP contribution in [-0.4, -0.2) is 46.9 Å². The van der Waals surface area contributed by atoms with Gasteiger partial charge in [-0.3, -0.25) is 0 Å². The van der Waals surface area contributed by atoms with Crippen molar-refractivity contribution in [2.24, 2.45) is 0 Å². The molecule has 3 aromatic rings. The predicted octanol–water partition coefficient (Wildman–Crippen LogP) is 3.23. The minimum absolute atomic E-state index is 0.0263. The summed E-state index contributed by atoms with van der Waals surface area (Å²) in [7, 11) is 3.45. The molecule has 2 aromatic heterocycles. The van der Waals surface area contributed by atoms with E-state index < -0.39 is 0 Å². The number of nitrogens with zero attached hydrogens (tertiary/aromatic N) is 3. The number of benzene rings is 1. The third-order valence-electron chi connectivity index (χ3n) is 5.75. The van der Waals surface area contributed by atoms with E-state index in [-0.39, 0.29) is 18.2 Å². The van der Waals surface area contributed by atoms with Crippen molar-refractivity contribution in [1.82, 2.24) is 19.9 Å². The maximum atomic E-state index is 13.0. The fourth-order valence-electron chi connectivity index (χ4n) is 4.20. The Morgan fingerprint density at radius 2 is 2.20 bits per heavy atom. The van der Waals surface area contributed by atoms with Crippen LogP contribution in [0.5, 0.6) is 5.75 Å². The van der Waals surface area contributed by atoms with Crippen LogP contribution in [-0.2, 0) is 11.3 Å². The van der Waals surface area contributed by atoms with Gasteiger partial charge in [-0.15, -0.1) is 0 Å². The highest BCUT2D eigenvalue weighted by atomic mass is 16.5. The minimum Gasteiger partial charge on any atom is -0.495 e. The monoisotopic (exact) mass is 408 g/mol. The van der Waals surface area contributed by atoms with Crippen LogP contribution in [0.15, 0.2) is 30.6 Å². The van der Waals surface area contributed by atoms with E-state index in [1.165, 1.54) is 10.9 Å². The standard InChI is InChI=1S/C21H24N6O3/c1-22-15-9-18-24-14-8-12(6-7-16(14)29-2)10-30-17-5-3-4-13(17)25-21(28)27-11-23-19(15)20(27)26-18/h6-9,11,13,17H,3-5,10H2,1-2H3,(H,25,28)(H2,22,24,26)/t13-,17-/m1/s1. The fraction of sp³-hybridized carbons (Fsp3) is 0.381. The number of methoxy groups -OCH3 is 1. The molecule has 3 heterocycles. The molecular formula is C21H24N6O3. The number of pyridine rings is 1. The third kappa shape index (κ3) is 3.21. The van der Waals surface area contributed by atoms with E-state index in [9.17, 15) is 4.79 Å². The fourth-order valence-corrected chi connectivity index (χ4v) is 4.20. The summed E-state index contributed by atoms with van der Waals surface area (Å²) in [4.78, 5) is 22.1. The van der Waals surface area contributed by atoms with Crippen LogP contribution in [0.1, 0.15) is 24.8 Å². The van der Waals surface area contributed by atoms with Crippen LogP contribution in [0.3, 0.4) is 0 Å². The number of hydrogen-bond acceptors (Lipinski definition) is 7. The molecular weight excluding hydrogens is 384 g/mol. The number of fused-ring (bicyclic) bond motifs is 4. The number of anilines is 3. The lowest BCUT2D eigenvalue weighted by Crippen LogP contribution is -2.43. The number of ether oxygens (including phenoxy) is 2. The topological polar surface area (TPSA) is 102 Å². The van der Waals surface area contributed by atoms with Gasteiger partial charge in [0.25, 0.3) is 0 Å². The van der Waals surface area contributed by atoms with Crippen LogP contribution < -0.4 is 20.7 Å². The summed E-state index contributed by atoms with van der Waals surface area (Å²) in [6, 6.07) is 7.48. The van der Waals surface area contributed by atoms with Crippen molar-refractivity contribution in [3.05, 3.63) is 36.2 Å². The number of rotatable bonds is 2. The van der Waals surface area contributed by atoms with E-state index in [0.29, 0.717) is 29.3 Å². The summed E-state index contributed by atoms with van der Waals surface area (Å²) >= 11 is 0. The normalized spacial score (nSPS) is 20.9. The molecule has 2 atom stereocenters. The van der Waals surface area contributed by atoms with Gasteiger partial charge < -0.3 is 25.4 Å². The molecule has 3 N–H and O–H groups in total. The molecule has 1 aliphatic carbocycles. The average Bonchev–Trinajstić information content (AvgIpc) is 3.38. The number of aromatic nitrogens is 3. The van der Waals surface area contributed by atoms with Crippen molar-refractivity contribution in [3.63, 3.8) is 0 Å². The Morgan fingerprint density at radius 3 is 3.03 bits per heavy atom. The SMILES string of the molecule is CNc1cc2nc3c1ncn3C(=O)N[C@@H]1CCC[C@H]1OCc1ccc(OC)c(c1)N2. The van der Waals surface area contributed by atoms with Gasteiger partial charge in [-0.25, -0.2) is 19.3 Å². The first-order valence-corrected chi connectivity index (χ1v) is 10.1. The largest absolute Gasteiger partial charge is 0.495 e. The van der Waals surface area contributed by atoms with Gasteiger partial charge in [0.15, 0.2) is 5.65 Å². The van der Waals surface area contributed by atoms with Gasteiger partial charge in [0.05, 0.1) is 37.2 Å². The van der Waals surface area contributed by atoms with Crippen LogP contribution in [0.25, 0.3) is 11.2 Å². The molecule has 1 aliphatic heterocycles. The highest BCUT2D eigenvalue weighted by molar-refractivity contribution is 5.94. The van der Waals surface area contributed by atoms with Gasteiger partial charge in [-0.2, -0.15) is 0 Å². The molecule has 9 nitrogen and oxygen atoms in total. The summed E-state index contributed by atoms with van der Waals surface area (Å²) in [6.07, 6.45) is 4.31. The van der Waals surface area contributed by atoms with Gasteiger partial charge in [-0.05, 0) is 37.0 Å². The van der Waals surface area contributed by atoms with Crippen LogP contribution in [0.4, 0.5) is 22.0 Å². The molecule has 0 radical (unpaired) electrons. The number of imidazole rings is 1. The van der Waals surface area contributed by atoms with E-state index >= 15 is 0 Å². The van der Waals surface area contributed by atoms with Crippen molar-refractivity contribution >= 4 is 34.4 Å². The van der Waals surface area contributed by atoms with E-state index in [2.05, 4.69) is 25.9 Å². The molecule has 0 saturated heterocycles. The van der Waals surface area contributed by atoms with Crippen molar-refractivity contribution in [2.45, 2.75) is 38.0 Å². The van der Waals surface area contributed by atoms with Crippen molar-refractivity contribution in [3.8, 4) is 5.75 Å². The number of nitrogens with one attached hydrogen (secondary N) is 3. The van der Waals surface area contributed by atoms with E-state index in [1.807, 2.05) is 31.3 Å². The predicted molar refractivity (Wildman–Crippen MR) is 113 cm³/mol. The zero-order valence-electron chi connectivity index (χ0n) is 16.9. The summed E-state index contributed by atoms with van der Waals surface area (Å²) in [5, 5.41) is 9.57. The zero-order valence-corrected chi connectivity index (χ0v) is 16.9. The zero-order chi connectivity index (χ0) is 20.7. The second-order valence-electron chi connectivity index (χ2n) is 7.59. The Balaban J connectivity index is 1.66. The van der Waals surface area contributed by atoms with Crippen molar-refractivity contribution in [1.29, 1.82) is 0 Å². The first-order chi connectivity index (χ1) is 14.7. The molecule has 1 amide bonds. The average molecular weight is 408 g/mol. The maximum Gasteiger partial charge on any atom is 0.328 e. The van der Waals surface area contributed by atoms with Crippen LogP contribution in [0.2, 0.25) is 0 Å². The van der Waals surface area contributed by atoms with Gasteiger partial charge in [-0.1, -0.05) is 6.07 Å². The minimum atomic E-state index is -0.252. The Kier molecular flexibility index (Phi) is 4.66. The maximum absolute atomic E-state index is 13.0. The quantitative estimate of drug-likeness (QED) is 0.598. The number of hydrogen-bond donors (Lipinski definition) is 3. The Bertz CT molecular complexity index is 1110. The molecule has 2 aliphatic rings. The third-order valence-corrected chi connectivity index (χ3v) is 5.75. The highest BCUT2D eigenvalue weighted by Crippen LogP contribution is 2.32. The molecule has 30 heavy (non-hydrogen) atoms. The van der Waals surface area contributed by atoms with Crippen LogP contribution >= 0.6 is 0 Å². The van der Waals surface area contributed by atoms with E-state index in [4.69, 9.17) is 9.47 Å². The van der Waals surface area contributed by atoms with E-state index in [1.54, 1.807) is 7.11 Å². The highest BCUT2D eigenvalue weighted by Gasteiger charge is 2.30. The molecule has 156 valence electrons. The summed E-state index contributed by atoms with van der Waals surface area (Å²) in [5.74, 6) is 1.28. The van der Waals surface area contributed by atoms with Gasteiger partial charge in [0, 0.05) is 13.1 Å². The lowest BCUT2D eigenvalue weighted by atomic mass is 10.1. The number of amides is 1. The smallest absolute Gasteiger partial charge is 0.328 e. The van der Waals surface area contributed by atoms with Gasteiger partial charge >= 0.3 is 6.03 Å². The Labute approximate surface area is 173 Å². The second kappa shape index (κ2) is 7.49. The molecule has 0 unspecified atom stereocenters. The second-order valence-corrected chi connectivity index (χ2v) is 7.59. The van der Waals surface area contributed by atoms with Gasteiger partial charge in [0.2, 0.25) is 0 Å². The first kappa shape index (κ1) is 18.7. The lowest BCUT2D eigenvalue weighted by Gasteiger charge is -2.22. The molecule has 9 heteroatoms. The lowest BCUT2D eigenvalue weighted by molar-refractivity contribution is 0.0301. The molecule has 1 aromatic carbocycles. The Morgan fingerprint density at radius 1 is 1.30 bits per heavy atom. The number of carbonyl (C=O) groups is 1. The molecule has 0 spiro atoms. The molecule has 1 saturated carbocycles. The Hall–Kier alpha value is -3.33. The van der Waals surface area contributed by atoms with E-state index in [0.717, 1.165) is 36.2 Å². The van der Waals surface area contributed by atoms with Crippen molar-refractivity contribution < 1.29 is 14.3 Å². The van der Waals surface area contributed by atoms with Crippen LogP contribution in [0, 0.1) is 0 Å². The molecule has 1 fully saturated rings. The van der Waals surface area contributed by atoms with Crippen molar-refractivity contribution in [2.75, 3.05) is 24.8 Å². The summed E-state index contributed by atoms with van der Waals surface area (Å²) in [5.41, 5.74) is 3.68. The summed E-state index contributed by atoms with van der Waals surface area (Å²) in [6.45, 7) is 0.459. The molecule has 5 rings (SSSR count). The number of carbonyl (C=O) groups excluding carboxylic acids is 1.